The second kappa shape index (κ2) is 4.87. The number of likely N-dealkylation sites (N-methyl/N-ethyl adjacent to an activating group) is 1. The molecule has 1 amide bonds. The van der Waals surface area contributed by atoms with Crippen molar-refractivity contribution in [3.8, 4) is 0 Å². The maximum atomic E-state index is 12.1. The molecule has 1 aliphatic heterocycles. The number of aromatic nitrogens is 2. The highest BCUT2D eigenvalue weighted by atomic mass is 16.2. The molecule has 0 saturated carbocycles. The van der Waals surface area contributed by atoms with Crippen molar-refractivity contribution in [3.63, 3.8) is 0 Å². The highest BCUT2D eigenvalue weighted by molar-refractivity contribution is 6.26. The minimum atomic E-state index is -0.150. The van der Waals surface area contributed by atoms with Crippen molar-refractivity contribution in [1.82, 2.24) is 14.8 Å². The summed E-state index contributed by atoms with van der Waals surface area (Å²) in [7, 11) is 0. The lowest BCUT2D eigenvalue weighted by Gasteiger charge is -2.06. The minimum absolute atomic E-state index is 0.108. The fourth-order valence-electron chi connectivity index (χ4n) is 2.11. The molecule has 6 heteroatoms. The lowest BCUT2D eigenvalue weighted by atomic mass is 10.1. The number of amides is 1. The number of aromatic amines is 1. The fraction of sp³-hybridized carbons (Fsp3) is 0.462. The topological polar surface area (TPSA) is 70.5 Å². The van der Waals surface area contributed by atoms with Crippen LogP contribution in [0.5, 0.6) is 0 Å². The van der Waals surface area contributed by atoms with Crippen molar-refractivity contribution in [2.45, 2.75) is 34.2 Å². The van der Waals surface area contributed by atoms with E-state index in [0.717, 1.165) is 5.69 Å². The van der Waals surface area contributed by atoms with Gasteiger partial charge in [-0.05, 0) is 33.8 Å². The number of aryl methyl sites for hydroxylation is 2. The largest absolute Gasteiger partial charge is 0.299 e. The van der Waals surface area contributed by atoms with E-state index in [0.29, 0.717) is 29.9 Å². The molecule has 0 saturated heterocycles. The van der Waals surface area contributed by atoms with Gasteiger partial charge < -0.3 is 0 Å². The third kappa shape index (κ3) is 2.14. The van der Waals surface area contributed by atoms with Crippen molar-refractivity contribution in [1.29, 1.82) is 0 Å². The van der Waals surface area contributed by atoms with E-state index in [1.165, 1.54) is 9.69 Å². The third-order valence-corrected chi connectivity index (χ3v) is 3.21. The van der Waals surface area contributed by atoms with E-state index in [9.17, 15) is 9.59 Å². The predicted octanol–water partition coefficient (Wildman–Crippen LogP) is 1.13. The smallest absolute Gasteiger partial charge is 0.275 e. The van der Waals surface area contributed by atoms with E-state index in [2.05, 4.69) is 10.2 Å². The standard InChI is InChI=1S/C13H18N4O2/c1-5-16-12(18)10(8(3)14-16)7-11-9(4)15-17(6-2)13(11)19/h7,14H,5-6H2,1-4H3/b11-7-. The molecule has 0 bridgehead atoms. The van der Waals surface area contributed by atoms with Crippen LogP contribution in [0.15, 0.2) is 15.5 Å². The van der Waals surface area contributed by atoms with E-state index in [-0.39, 0.29) is 11.5 Å². The van der Waals surface area contributed by atoms with Crippen LogP contribution in [0.2, 0.25) is 0 Å². The molecule has 0 radical (unpaired) electrons. The van der Waals surface area contributed by atoms with Crippen LogP contribution in [-0.2, 0) is 11.3 Å². The van der Waals surface area contributed by atoms with Crippen LogP contribution in [-0.4, -0.2) is 33.0 Å². The van der Waals surface area contributed by atoms with E-state index < -0.39 is 0 Å². The van der Waals surface area contributed by atoms with Gasteiger partial charge in [-0.15, -0.1) is 0 Å². The molecule has 1 aromatic rings. The Bertz CT molecular complexity index is 634. The normalized spacial score (nSPS) is 17.5. The predicted molar refractivity (Wildman–Crippen MR) is 73.9 cm³/mol. The average Bonchev–Trinajstić information content (AvgIpc) is 2.82. The zero-order valence-electron chi connectivity index (χ0n) is 11.6. The lowest BCUT2D eigenvalue weighted by molar-refractivity contribution is -0.125. The van der Waals surface area contributed by atoms with E-state index in [1.807, 2.05) is 20.8 Å². The van der Waals surface area contributed by atoms with E-state index in [1.54, 1.807) is 13.0 Å². The first-order chi connectivity index (χ1) is 8.99. The molecule has 2 heterocycles. The molecule has 0 unspecified atom stereocenters. The molecule has 1 N–H and O–H groups in total. The molecule has 0 spiro atoms. The first-order valence-electron chi connectivity index (χ1n) is 6.38. The Morgan fingerprint density at radius 3 is 2.37 bits per heavy atom. The van der Waals surface area contributed by atoms with Crippen molar-refractivity contribution in [3.05, 3.63) is 27.2 Å². The van der Waals surface area contributed by atoms with E-state index >= 15 is 0 Å². The van der Waals surface area contributed by atoms with Gasteiger partial charge in [-0.3, -0.25) is 19.4 Å². The molecule has 19 heavy (non-hydrogen) atoms. The zero-order valence-corrected chi connectivity index (χ0v) is 11.6. The number of carbonyl (C=O) groups is 1. The SMILES string of the molecule is CCN1N=C(C)/C(=C/c2c(C)[nH]n(CC)c2=O)C1=O. The van der Waals surface area contributed by atoms with Crippen LogP contribution in [0.1, 0.15) is 32.0 Å². The van der Waals surface area contributed by atoms with Crippen LogP contribution in [0, 0.1) is 6.92 Å². The maximum absolute atomic E-state index is 12.1. The van der Waals surface area contributed by atoms with Gasteiger partial charge in [-0.25, -0.2) is 5.01 Å². The van der Waals surface area contributed by atoms with Gasteiger partial charge in [0.15, 0.2) is 0 Å². The number of hydrogen-bond acceptors (Lipinski definition) is 3. The summed E-state index contributed by atoms with van der Waals surface area (Å²) >= 11 is 0. The summed E-state index contributed by atoms with van der Waals surface area (Å²) in [4.78, 5) is 24.2. The Morgan fingerprint density at radius 1 is 1.21 bits per heavy atom. The second-order valence-corrected chi connectivity index (χ2v) is 4.46. The molecular formula is C13H18N4O2. The van der Waals surface area contributed by atoms with Gasteiger partial charge in [0.1, 0.15) is 0 Å². The highest BCUT2D eigenvalue weighted by Crippen LogP contribution is 2.17. The number of H-pyrrole nitrogens is 1. The summed E-state index contributed by atoms with van der Waals surface area (Å²) in [6.45, 7) is 8.46. The number of nitrogens with one attached hydrogen (secondary N) is 1. The van der Waals surface area contributed by atoms with Gasteiger partial charge >= 0.3 is 0 Å². The maximum Gasteiger partial charge on any atom is 0.275 e. The van der Waals surface area contributed by atoms with Crippen LogP contribution < -0.4 is 5.56 Å². The molecule has 6 nitrogen and oxygen atoms in total. The molecule has 0 aliphatic carbocycles. The molecule has 0 atom stereocenters. The van der Waals surface area contributed by atoms with Crippen molar-refractivity contribution in [2.24, 2.45) is 5.10 Å². The van der Waals surface area contributed by atoms with Gasteiger partial charge in [-0.2, -0.15) is 5.10 Å². The van der Waals surface area contributed by atoms with Gasteiger partial charge in [0, 0.05) is 18.8 Å². The summed E-state index contributed by atoms with van der Waals surface area (Å²) < 4.78 is 1.52. The first-order valence-corrected chi connectivity index (χ1v) is 6.38. The molecule has 102 valence electrons. The molecule has 2 rings (SSSR count). The molecule has 1 aliphatic rings. The summed E-state index contributed by atoms with van der Waals surface area (Å²) in [6.07, 6.45) is 1.64. The highest BCUT2D eigenvalue weighted by Gasteiger charge is 2.26. The van der Waals surface area contributed by atoms with Crippen LogP contribution >= 0.6 is 0 Å². The monoisotopic (exact) mass is 262 g/mol. The number of rotatable bonds is 3. The Balaban J connectivity index is 2.49. The molecule has 0 fully saturated rings. The Kier molecular flexibility index (Phi) is 3.42. The third-order valence-electron chi connectivity index (χ3n) is 3.21. The lowest BCUT2D eigenvalue weighted by Crippen LogP contribution is -2.22. The van der Waals surface area contributed by atoms with Crippen molar-refractivity contribution in [2.75, 3.05) is 6.54 Å². The van der Waals surface area contributed by atoms with Gasteiger partial charge in [0.05, 0.1) is 16.8 Å². The molecular weight excluding hydrogens is 244 g/mol. The van der Waals surface area contributed by atoms with Gasteiger partial charge in [-0.1, -0.05) is 0 Å². The van der Waals surface area contributed by atoms with Gasteiger partial charge in [0.25, 0.3) is 11.5 Å². The molecule has 1 aromatic heterocycles. The molecule has 0 aromatic carbocycles. The van der Waals surface area contributed by atoms with Crippen molar-refractivity contribution < 1.29 is 4.79 Å². The van der Waals surface area contributed by atoms with Crippen LogP contribution in [0.3, 0.4) is 0 Å². The number of carbonyl (C=O) groups excluding carboxylic acids is 1. The van der Waals surface area contributed by atoms with Gasteiger partial charge in [0.2, 0.25) is 0 Å². The Morgan fingerprint density at radius 2 is 1.89 bits per heavy atom. The minimum Gasteiger partial charge on any atom is -0.299 e. The first kappa shape index (κ1) is 13.3. The van der Waals surface area contributed by atoms with Crippen LogP contribution in [0.4, 0.5) is 0 Å². The van der Waals surface area contributed by atoms with Crippen LogP contribution in [0.25, 0.3) is 6.08 Å². The summed E-state index contributed by atoms with van der Waals surface area (Å²) in [5.41, 5.74) is 2.31. The number of hydrazone groups is 1. The zero-order chi connectivity index (χ0) is 14.2. The number of hydrogen-bond donors (Lipinski definition) is 1. The summed E-state index contributed by atoms with van der Waals surface area (Å²) in [5, 5.41) is 8.56. The quantitative estimate of drug-likeness (QED) is 0.829. The van der Waals surface area contributed by atoms with Crippen molar-refractivity contribution >= 4 is 17.7 Å². The second-order valence-electron chi connectivity index (χ2n) is 4.46. The summed E-state index contributed by atoms with van der Waals surface area (Å²) in [6, 6.07) is 0. The average molecular weight is 262 g/mol. The fourth-order valence-corrected chi connectivity index (χ4v) is 2.11. The summed E-state index contributed by atoms with van der Waals surface area (Å²) in [5.74, 6) is -0.150. The Hall–Kier alpha value is -2.11. The number of nitrogens with zero attached hydrogens (tertiary/aromatic N) is 3. The Labute approximate surface area is 111 Å². The van der Waals surface area contributed by atoms with E-state index in [4.69, 9.17) is 0 Å².